The minimum Gasteiger partial charge on any atom is -0.435 e. The molecule has 0 aliphatic carbocycles. The van der Waals surface area contributed by atoms with Gasteiger partial charge in [-0.3, -0.25) is 14.5 Å². The second kappa shape index (κ2) is 10.5. The highest BCUT2D eigenvalue weighted by molar-refractivity contribution is 6.31. The number of piperazine rings is 1. The standard InChI is InChI=1S/C22H24ClF2N3O3/c1-15(21(30)26-17-6-8-18(9-7-17)31-22(24)25)27-10-12-28(13-11-27)20(29)14-16-4-2-3-5-19(16)23/h2-9,15,22H,10-14H2,1H3,(H,26,30). The van der Waals surface area contributed by atoms with Crippen LogP contribution in [0.1, 0.15) is 12.5 Å². The Kier molecular flexibility index (Phi) is 7.81. The number of carbonyl (C=O) groups is 2. The van der Waals surface area contributed by atoms with Gasteiger partial charge in [-0.15, -0.1) is 0 Å². The number of anilines is 1. The molecule has 1 saturated heterocycles. The van der Waals surface area contributed by atoms with Crippen LogP contribution in [-0.4, -0.2) is 60.4 Å². The predicted octanol–water partition coefficient (Wildman–Crippen LogP) is 3.66. The number of ether oxygens (including phenoxy) is 1. The van der Waals surface area contributed by atoms with E-state index in [1.807, 2.05) is 23.1 Å². The van der Waals surface area contributed by atoms with E-state index in [2.05, 4.69) is 10.1 Å². The monoisotopic (exact) mass is 451 g/mol. The molecule has 3 rings (SSSR count). The van der Waals surface area contributed by atoms with Crippen molar-refractivity contribution in [2.45, 2.75) is 26.0 Å². The van der Waals surface area contributed by atoms with Crippen molar-refractivity contribution in [1.29, 1.82) is 0 Å². The van der Waals surface area contributed by atoms with Gasteiger partial charge in [-0.25, -0.2) is 0 Å². The Hall–Kier alpha value is -2.71. The molecule has 9 heteroatoms. The van der Waals surface area contributed by atoms with Gasteiger partial charge in [0.1, 0.15) is 5.75 Å². The normalized spacial score (nSPS) is 15.6. The lowest BCUT2D eigenvalue weighted by atomic mass is 10.1. The summed E-state index contributed by atoms with van der Waals surface area (Å²) >= 11 is 6.14. The maximum atomic E-state index is 12.6. The molecule has 0 aromatic heterocycles. The van der Waals surface area contributed by atoms with Crippen molar-refractivity contribution in [1.82, 2.24) is 9.80 Å². The number of nitrogens with zero attached hydrogens (tertiary/aromatic N) is 2. The number of hydrogen-bond donors (Lipinski definition) is 1. The van der Waals surface area contributed by atoms with E-state index in [0.717, 1.165) is 5.56 Å². The van der Waals surface area contributed by atoms with Gasteiger partial charge in [0.2, 0.25) is 11.8 Å². The maximum Gasteiger partial charge on any atom is 0.387 e. The lowest BCUT2D eigenvalue weighted by molar-refractivity contribution is -0.133. The summed E-state index contributed by atoms with van der Waals surface area (Å²) in [5, 5.41) is 3.35. The second-order valence-electron chi connectivity index (χ2n) is 7.25. The summed E-state index contributed by atoms with van der Waals surface area (Å²) in [6, 6.07) is 12.6. The first-order chi connectivity index (χ1) is 14.8. The highest BCUT2D eigenvalue weighted by Crippen LogP contribution is 2.19. The summed E-state index contributed by atoms with van der Waals surface area (Å²) in [6.07, 6.45) is 0.251. The van der Waals surface area contributed by atoms with E-state index >= 15 is 0 Å². The number of halogens is 3. The topological polar surface area (TPSA) is 61.9 Å². The number of rotatable bonds is 7. The first kappa shape index (κ1) is 23.0. The zero-order valence-corrected chi connectivity index (χ0v) is 17.8. The van der Waals surface area contributed by atoms with Gasteiger partial charge < -0.3 is 15.0 Å². The van der Waals surface area contributed by atoms with E-state index in [9.17, 15) is 18.4 Å². The van der Waals surface area contributed by atoms with E-state index in [0.29, 0.717) is 36.9 Å². The van der Waals surface area contributed by atoms with Crippen LogP contribution in [0.3, 0.4) is 0 Å². The number of carbonyl (C=O) groups excluding carboxylic acids is 2. The number of nitrogens with one attached hydrogen (secondary N) is 1. The Bertz CT molecular complexity index is 903. The Labute approximate surface area is 184 Å². The van der Waals surface area contributed by atoms with Gasteiger partial charge in [-0.2, -0.15) is 8.78 Å². The molecule has 1 N–H and O–H groups in total. The molecule has 0 radical (unpaired) electrons. The van der Waals surface area contributed by atoms with Gasteiger partial charge >= 0.3 is 6.61 Å². The minimum absolute atomic E-state index is 0.0101. The molecule has 1 aliphatic heterocycles. The Morgan fingerprint density at radius 3 is 2.32 bits per heavy atom. The largest absolute Gasteiger partial charge is 0.435 e. The molecule has 2 amide bonds. The zero-order chi connectivity index (χ0) is 22.4. The summed E-state index contributed by atoms with van der Waals surface area (Å²) in [5.74, 6) is -0.173. The molecule has 1 unspecified atom stereocenters. The number of amides is 2. The molecule has 1 fully saturated rings. The van der Waals surface area contributed by atoms with Crippen LogP contribution in [0.25, 0.3) is 0 Å². The van der Waals surface area contributed by atoms with Gasteiger partial charge in [-0.1, -0.05) is 29.8 Å². The van der Waals surface area contributed by atoms with Crippen LogP contribution in [-0.2, 0) is 16.0 Å². The van der Waals surface area contributed by atoms with E-state index < -0.39 is 12.7 Å². The third-order valence-electron chi connectivity index (χ3n) is 5.24. The van der Waals surface area contributed by atoms with Gasteiger partial charge in [0, 0.05) is 36.9 Å². The van der Waals surface area contributed by atoms with E-state index in [1.165, 1.54) is 24.3 Å². The molecular formula is C22H24ClF2N3O3. The molecule has 1 atom stereocenters. The second-order valence-corrected chi connectivity index (χ2v) is 7.66. The number of hydrogen-bond acceptors (Lipinski definition) is 4. The average Bonchev–Trinajstić information content (AvgIpc) is 2.76. The van der Waals surface area contributed by atoms with Crippen LogP contribution < -0.4 is 10.1 Å². The lowest BCUT2D eigenvalue weighted by Gasteiger charge is -2.37. The van der Waals surface area contributed by atoms with Gasteiger partial charge in [-0.05, 0) is 42.8 Å². The van der Waals surface area contributed by atoms with E-state index in [1.54, 1.807) is 17.9 Å². The summed E-state index contributed by atoms with van der Waals surface area (Å²) in [6.45, 7) is 1.11. The highest BCUT2D eigenvalue weighted by atomic mass is 35.5. The maximum absolute atomic E-state index is 12.6. The van der Waals surface area contributed by atoms with Crippen molar-refractivity contribution in [3.05, 3.63) is 59.1 Å². The lowest BCUT2D eigenvalue weighted by Crippen LogP contribution is -2.54. The molecule has 1 heterocycles. The zero-order valence-electron chi connectivity index (χ0n) is 17.1. The fourth-order valence-electron chi connectivity index (χ4n) is 3.41. The number of alkyl halides is 2. The quantitative estimate of drug-likeness (QED) is 0.698. The molecule has 0 saturated carbocycles. The van der Waals surface area contributed by atoms with Crippen molar-refractivity contribution in [2.75, 3.05) is 31.5 Å². The van der Waals surface area contributed by atoms with Crippen LogP contribution in [0.4, 0.5) is 14.5 Å². The SMILES string of the molecule is CC(C(=O)Nc1ccc(OC(F)F)cc1)N1CCN(C(=O)Cc2ccccc2Cl)CC1. The molecule has 0 spiro atoms. The summed E-state index contributed by atoms with van der Waals surface area (Å²) in [4.78, 5) is 28.9. The van der Waals surface area contributed by atoms with Gasteiger partial charge in [0.25, 0.3) is 0 Å². The van der Waals surface area contributed by atoms with Crippen molar-refractivity contribution >= 4 is 29.1 Å². The molecular weight excluding hydrogens is 428 g/mol. The van der Waals surface area contributed by atoms with Crippen LogP contribution in [0.2, 0.25) is 5.02 Å². The van der Waals surface area contributed by atoms with Crippen molar-refractivity contribution in [3.8, 4) is 5.75 Å². The Morgan fingerprint density at radius 1 is 1.06 bits per heavy atom. The van der Waals surface area contributed by atoms with Crippen LogP contribution >= 0.6 is 11.6 Å². The molecule has 1 aliphatic rings. The van der Waals surface area contributed by atoms with E-state index in [-0.39, 0.29) is 24.0 Å². The summed E-state index contributed by atoms with van der Waals surface area (Å²) < 4.78 is 28.7. The van der Waals surface area contributed by atoms with Crippen molar-refractivity contribution in [2.24, 2.45) is 0 Å². The predicted molar refractivity (Wildman–Crippen MR) is 114 cm³/mol. The number of benzene rings is 2. The fourth-order valence-corrected chi connectivity index (χ4v) is 3.61. The van der Waals surface area contributed by atoms with Crippen molar-refractivity contribution in [3.63, 3.8) is 0 Å². The van der Waals surface area contributed by atoms with Gasteiger partial charge in [0.15, 0.2) is 0 Å². The van der Waals surface area contributed by atoms with Crippen molar-refractivity contribution < 1.29 is 23.1 Å². The Balaban J connectivity index is 1.48. The first-order valence-electron chi connectivity index (χ1n) is 9.94. The molecule has 166 valence electrons. The van der Waals surface area contributed by atoms with Crippen LogP contribution in [0, 0.1) is 0 Å². The average molecular weight is 452 g/mol. The molecule has 2 aromatic rings. The summed E-state index contributed by atoms with van der Waals surface area (Å²) in [5.41, 5.74) is 1.29. The molecule has 31 heavy (non-hydrogen) atoms. The molecule has 6 nitrogen and oxygen atoms in total. The smallest absolute Gasteiger partial charge is 0.387 e. The minimum atomic E-state index is -2.89. The van der Waals surface area contributed by atoms with Crippen LogP contribution in [0.15, 0.2) is 48.5 Å². The van der Waals surface area contributed by atoms with Gasteiger partial charge in [0.05, 0.1) is 12.5 Å². The molecule has 0 bridgehead atoms. The van der Waals surface area contributed by atoms with E-state index in [4.69, 9.17) is 11.6 Å². The molecule has 2 aromatic carbocycles. The fraction of sp³-hybridized carbons (Fsp3) is 0.364. The summed E-state index contributed by atoms with van der Waals surface area (Å²) in [7, 11) is 0. The third kappa shape index (κ3) is 6.38. The third-order valence-corrected chi connectivity index (χ3v) is 5.61. The Morgan fingerprint density at radius 2 is 1.71 bits per heavy atom. The first-order valence-corrected chi connectivity index (χ1v) is 10.3. The highest BCUT2D eigenvalue weighted by Gasteiger charge is 2.27. The van der Waals surface area contributed by atoms with Crippen LogP contribution in [0.5, 0.6) is 5.75 Å².